The van der Waals surface area contributed by atoms with Crippen LogP contribution in [0, 0.1) is 5.82 Å². The molecule has 0 amide bonds. The smallest absolute Gasteiger partial charge is 0.252 e. The zero-order chi connectivity index (χ0) is 13.7. The van der Waals surface area contributed by atoms with E-state index in [0.717, 1.165) is 12.1 Å². The third kappa shape index (κ3) is 3.38. The summed E-state index contributed by atoms with van der Waals surface area (Å²) >= 11 is 0. The van der Waals surface area contributed by atoms with E-state index in [2.05, 4.69) is 9.97 Å². The molecule has 0 saturated heterocycles. The van der Waals surface area contributed by atoms with Gasteiger partial charge in [0.25, 0.3) is 5.56 Å². The minimum absolute atomic E-state index is 0.232. The molecule has 0 radical (unpaired) electrons. The maximum atomic E-state index is 13.0. The Morgan fingerprint density at radius 2 is 2.05 bits per heavy atom. The molecule has 2 rings (SSSR count). The van der Waals surface area contributed by atoms with E-state index in [9.17, 15) is 9.18 Å². The SMILES string of the molecule is NCCCN(c1ccc(F)cc1)c1cc(=O)[nH]cn1. The van der Waals surface area contributed by atoms with E-state index in [1.165, 1.54) is 24.5 Å². The Hall–Kier alpha value is -2.21. The second-order valence-electron chi connectivity index (χ2n) is 4.04. The number of anilines is 2. The predicted octanol–water partition coefficient (Wildman–Crippen LogP) is 1.40. The lowest BCUT2D eigenvalue weighted by atomic mass is 10.2. The summed E-state index contributed by atoms with van der Waals surface area (Å²) in [6.07, 6.45) is 2.09. The highest BCUT2D eigenvalue weighted by atomic mass is 19.1. The Morgan fingerprint density at radius 1 is 1.32 bits per heavy atom. The number of aromatic amines is 1. The molecule has 0 aliphatic rings. The van der Waals surface area contributed by atoms with E-state index >= 15 is 0 Å². The molecule has 1 aromatic heterocycles. The van der Waals surface area contributed by atoms with Crippen molar-refractivity contribution in [3.05, 3.63) is 52.8 Å². The molecule has 100 valence electrons. The molecule has 0 aliphatic carbocycles. The average molecular weight is 262 g/mol. The summed E-state index contributed by atoms with van der Waals surface area (Å²) in [7, 11) is 0. The van der Waals surface area contributed by atoms with E-state index in [0.29, 0.717) is 18.9 Å². The Kier molecular flexibility index (Phi) is 4.25. The first-order chi connectivity index (χ1) is 9.20. The Morgan fingerprint density at radius 3 is 2.68 bits per heavy atom. The lowest BCUT2D eigenvalue weighted by Gasteiger charge is -2.23. The van der Waals surface area contributed by atoms with Crippen LogP contribution in [0.2, 0.25) is 0 Å². The average Bonchev–Trinajstić information content (AvgIpc) is 2.41. The number of nitrogens with zero attached hydrogens (tertiary/aromatic N) is 2. The van der Waals surface area contributed by atoms with Crippen LogP contribution in [0.4, 0.5) is 15.9 Å². The molecular formula is C13H15FN4O. The van der Waals surface area contributed by atoms with Gasteiger partial charge in [0.2, 0.25) is 0 Å². The number of aromatic nitrogens is 2. The third-order valence-corrected chi connectivity index (χ3v) is 2.66. The van der Waals surface area contributed by atoms with Crippen LogP contribution in [-0.2, 0) is 0 Å². The first-order valence-corrected chi connectivity index (χ1v) is 5.98. The number of hydrogen-bond donors (Lipinski definition) is 2. The van der Waals surface area contributed by atoms with E-state index in [1.807, 2.05) is 4.90 Å². The molecular weight excluding hydrogens is 247 g/mol. The second-order valence-corrected chi connectivity index (χ2v) is 4.04. The molecule has 6 heteroatoms. The maximum absolute atomic E-state index is 13.0. The topological polar surface area (TPSA) is 75.0 Å². The molecule has 3 N–H and O–H groups in total. The Labute approximate surface area is 109 Å². The zero-order valence-corrected chi connectivity index (χ0v) is 10.3. The quantitative estimate of drug-likeness (QED) is 0.854. The molecule has 1 aromatic carbocycles. The molecule has 0 atom stereocenters. The van der Waals surface area contributed by atoms with Crippen LogP contribution in [0.15, 0.2) is 41.5 Å². The fourth-order valence-corrected chi connectivity index (χ4v) is 1.75. The number of nitrogens with one attached hydrogen (secondary N) is 1. The highest BCUT2D eigenvalue weighted by molar-refractivity contribution is 5.59. The van der Waals surface area contributed by atoms with Gasteiger partial charge in [-0.25, -0.2) is 9.37 Å². The third-order valence-electron chi connectivity index (χ3n) is 2.66. The molecule has 1 heterocycles. The summed E-state index contributed by atoms with van der Waals surface area (Å²) in [5.41, 5.74) is 6.05. The van der Waals surface area contributed by atoms with Crippen molar-refractivity contribution in [2.24, 2.45) is 5.73 Å². The normalized spacial score (nSPS) is 10.4. The fourth-order valence-electron chi connectivity index (χ4n) is 1.75. The van der Waals surface area contributed by atoms with Gasteiger partial charge < -0.3 is 15.6 Å². The van der Waals surface area contributed by atoms with E-state index in [-0.39, 0.29) is 11.4 Å². The van der Waals surface area contributed by atoms with Gasteiger partial charge in [-0.15, -0.1) is 0 Å². The molecule has 0 aliphatic heterocycles. The molecule has 0 saturated carbocycles. The number of hydrogen-bond acceptors (Lipinski definition) is 4. The minimum atomic E-state index is -0.304. The minimum Gasteiger partial charge on any atom is -0.330 e. The van der Waals surface area contributed by atoms with Crippen molar-refractivity contribution in [1.29, 1.82) is 0 Å². The summed E-state index contributed by atoms with van der Waals surface area (Å²) in [6.45, 7) is 1.14. The van der Waals surface area contributed by atoms with Gasteiger partial charge >= 0.3 is 0 Å². The Bertz CT molecular complexity index is 582. The summed E-state index contributed by atoms with van der Waals surface area (Å²) in [5.74, 6) is 0.213. The van der Waals surface area contributed by atoms with Crippen molar-refractivity contribution in [2.75, 3.05) is 18.0 Å². The summed E-state index contributed by atoms with van der Waals surface area (Å²) in [6, 6.07) is 7.44. The number of H-pyrrole nitrogens is 1. The fraction of sp³-hybridized carbons (Fsp3) is 0.231. The van der Waals surface area contributed by atoms with Crippen molar-refractivity contribution in [3.8, 4) is 0 Å². The standard InChI is InChI=1S/C13H15FN4O/c14-10-2-4-11(5-3-10)18(7-1-6-15)12-8-13(19)17-9-16-12/h2-5,8-9H,1,6-7,15H2,(H,16,17,19). The molecule has 0 fully saturated rings. The number of nitrogens with two attached hydrogens (primary N) is 1. The monoisotopic (exact) mass is 262 g/mol. The van der Waals surface area contributed by atoms with Gasteiger partial charge in [0, 0.05) is 18.3 Å². The summed E-state index contributed by atoms with van der Waals surface area (Å²) in [5, 5.41) is 0. The number of halogens is 1. The van der Waals surface area contributed by atoms with Crippen LogP contribution >= 0.6 is 0 Å². The highest BCUT2D eigenvalue weighted by Gasteiger charge is 2.10. The largest absolute Gasteiger partial charge is 0.330 e. The van der Waals surface area contributed by atoms with Crippen molar-refractivity contribution >= 4 is 11.5 Å². The van der Waals surface area contributed by atoms with E-state index < -0.39 is 0 Å². The van der Waals surface area contributed by atoms with Gasteiger partial charge in [0.1, 0.15) is 11.6 Å². The lowest BCUT2D eigenvalue weighted by molar-refractivity contribution is 0.627. The molecule has 5 nitrogen and oxygen atoms in total. The van der Waals surface area contributed by atoms with Crippen LogP contribution in [0.25, 0.3) is 0 Å². The lowest BCUT2D eigenvalue weighted by Crippen LogP contribution is -2.23. The second kappa shape index (κ2) is 6.10. The first-order valence-electron chi connectivity index (χ1n) is 5.98. The van der Waals surface area contributed by atoms with Crippen molar-refractivity contribution in [3.63, 3.8) is 0 Å². The van der Waals surface area contributed by atoms with Crippen molar-refractivity contribution < 1.29 is 4.39 Å². The zero-order valence-electron chi connectivity index (χ0n) is 10.3. The van der Waals surface area contributed by atoms with Gasteiger partial charge in [-0.2, -0.15) is 0 Å². The first kappa shape index (κ1) is 13.2. The van der Waals surface area contributed by atoms with Gasteiger partial charge in [-0.3, -0.25) is 4.79 Å². The molecule has 0 unspecified atom stereocenters. The molecule has 2 aromatic rings. The van der Waals surface area contributed by atoms with Crippen molar-refractivity contribution in [2.45, 2.75) is 6.42 Å². The molecule has 0 spiro atoms. The number of benzene rings is 1. The van der Waals surface area contributed by atoms with Gasteiger partial charge in [0.05, 0.1) is 6.33 Å². The van der Waals surface area contributed by atoms with Gasteiger partial charge in [-0.1, -0.05) is 0 Å². The summed E-state index contributed by atoms with van der Waals surface area (Å²) in [4.78, 5) is 19.8. The molecule has 0 bridgehead atoms. The van der Waals surface area contributed by atoms with Gasteiger partial charge in [0.15, 0.2) is 0 Å². The van der Waals surface area contributed by atoms with Crippen LogP contribution in [0.3, 0.4) is 0 Å². The van der Waals surface area contributed by atoms with E-state index in [1.54, 1.807) is 12.1 Å². The van der Waals surface area contributed by atoms with Crippen LogP contribution in [0.1, 0.15) is 6.42 Å². The molecule has 19 heavy (non-hydrogen) atoms. The predicted molar refractivity (Wildman–Crippen MR) is 71.9 cm³/mol. The Balaban J connectivity index is 2.35. The summed E-state index contributed by atoms with van der Waals surface area (Å²) < 4.78 is 13.0. The van der Waals surface area contributed by atoms with Crippen LogP contribution in [0.5, 0.6) is 0 Å². The highest BCUT2D eigenvalue weighted by Crippen LogP contribution is 2.22. The number of rotatable bonds is 5. The van der Waals surface area contributed by atoms with Crippen molar-refractivity contribution in [1.82, 2.24) is 9.97 Å². The van der Waals surface area contributed by atoms with Gasteiger partial charge in [-0.05, 0) is 37.2 Å². The van der Waals surface area contributed by atoms with E-state index in [4.69, 9.17) is 5.73 Å². The van der Waals surface area contributed by atoms with Crippen LogP contribution in [-0.4, -0.2) is 23.1 Å². The van der Waals surface area contributed by atoms with Crippen LogP contribution < -0.4 is 16.2 Å². The maximum Gasteiger partial charge on any atom is 0.252 e.